The molecule has 0 amide bonds. The molecule has 3 heterocycles. The van der Waals surface area contributed by atoms with E-state index in [-0.39, 0.29) is 5.82 Å². The zero-order valence-electron chi connectivity index (χ0n) is 15.1. The second-order valence-corrected chi connectivity index (χ2v) is 6.85. The average Bonchev–Trinajstić information content (AvgIpc) is 2.71. The predicted octanol–water partition coefficient (Wildman–Crippen LogP) is 4.13. The molecule has 0 radical (unpaired) electrons. The molecule has 0 aliphatic carbocycles. The molecule has 1 fully saturated rings. The molecule has 5 nitrogen and oxygen atoms in total. The molecule has 1 saturated heterocycles. The molecule has 1 aliphatic heterocycles. The summed E-state index contributed by atoms with van der Waals surface area (Å²) in [6, 6.07) is 14.5. The fraction of sp³-hybridized carbons (Fsp3) is 0.286. The summed E-state index contributed by atoms with van der Waals surface area (Å²) in [5.74, 6) is 1.48. The van der Waals surface area contributed by atoms with Crippen LogP contribution in [-0.4, -0.2) is 32.9 Å². The standard InChI is InChI=1S/C21H22FN5/c22-18-8-6-16(7-9-18)14-27-13-3-4-17(15-27)19-10-12-24-21(25-19)26-20-5-1-2-11-23-20/h1-2,5-12,17H,3-4,13-15H2,(H,23,24,25,26)/t17-/m1/s1. The predicted molar refractivity (Wildman–Crippen MR) is 103 cm³/mol. The van der Waals surface area contributed by atoms with E-state index < -0.39 is 0 Å². The number of hydrogen-bond acceptors (Lipinski definition) is 5. The molecule has 1 N–H and O–H groups in total. The van der Waals surface area contributed by atoms with Crippen molar-refractivity contribution in [3.63, 3.8) is 0 Å². The van der Waals surface area contributed by atoms with E-state index in [0.29, 0.717) is 11.9 Å². The van der Waals surface area contributed by atoms with Crippen LogP contribution in [0, 0.1) is 5.82 Å². The first-order chi connectivity index (χ1) is 13.3. The Bertz CT molecular complexity index is 869. The van der Waals surface area contributed by atoms with Gasteiger partial charge in [0.2, 0.25) is 5.95 Å². The molecular weight excluding hydrogens is 341 g/mol. The molecule has 0 bridgehead atoms. The Labute approximate surface area is 158 Å². The number of nitrogens with one attached hydrogen (secondary N) is 1. The van der Waals surface area contributed by atoms with Crippen LogP contribution in [-0.2, 0) is 6.54 Å². The number of hydrogen-bond donors (Lipinski definition) is 1. The van der Waals surface area contributed by atoms with Gasteiger partial charge in [-0.2, -0.15) is 0 Å². The van der Waals surface area contributed by atoms with Crippen LogP contribution in [0.15, 0.2) is 60.9 Å². The molecule has 0 unspecified atom stereocenters. The highest BCUT2D eigenvalue weighted by atomic mass is 19.1. The van der Waals surface area contributed by atoms with Crippen molar-refractivity contribution in [3.8, 4) is 0 Å². The van der Waals surface area contributed by atoms with Gasteiger partial charge in [0.25, 0.3) is 0 Å². The van der Waals surface area contributed by atoms with Gasteiger partial charge >= 0.3 is 0 Å². The quantitative estimate of drug-likeness (QED) is 0.738. The topological polar surface area (TPSA) is 53.9 Å². The third-order valence-electron chi connectivity index (χ3n) is 4.83. The maximum Gasteiger partial charge on any atom is 0.228 e. The smallest absolute Gasteiger partial charge is 0.228 e. The fourth-order valence-electron chi connectivity index (χ4n) is 3.50. The first kappa shape index (κ1) is 17.5. The summed E-state index contributed by atoms with van der Waals surface area (Å²) < 4.78 is 13.1. The van der Waals surface area contributed by atoms with E-state index in [1.807, 2.05) is 36.4 Å². The van der Waals surface area contributed by atoms with Gasteiger partial charge in [0.05, 0.1) is 5.69 Å². The summed E-state index contributed by atoms with van der Waals surface area (Å²) in [7, 11) is 0. The highest BCUT2D eigenvalue weighted by Gasteiger charge is 2.23. The van der Waals surface area contributed by atoms with Gasteiger partial charge in [-0.3, -0.25) is 4.90 Å². The van der Waals surface area contributed by atoms with Crippen LogP contribution in [0.1, 0.15) is 30.0 Å². The van der Waals surface area contributed by atoms with Crippen molar-refractivity contribution in [2.45, 2.75) is 25.3 Å². The second-order valence-electron chi connectivity index (χ2n) is 6.85. The minimum Gasteiger partial charge on any atom is -0.309 e. The monoisotopic (exact) mass is 363 g/mol. The number of pyridine rings is 1. The van der Waals surface area contributed by atoms with Crippen LogP contribution < -0.4 is 5.32 Å². The zero-order valence-corrected chi connectivity index (χ0v) is 15.1. The van der Waals surface area contributed by atoms with Crippen LogP contribution >= 0.6 is 0 Å². The van der Waals surface area contributed by atoms with Gasteiger partial charge < -0.3 is 5.32 Å². The molecule has 0 saturated carbocycles. The van der Waals surface area contributed by atoms with Crippen molar-refractivity contribution >= 4 is 11.8 Å². The number of likely N-dealkylation sites (tertiary alicyclic amines) is 1. The van der Waals surface area contributed by atoms with Crippen molar-refractivity contribution in [1.82, 2.24) is 19.9 Å². The van der Waals surface area contributed by atoms with E-state index in [0.717, 1.165) is 49.6 Å². The lowest BCUT2D eigenvalue weighted by Gasteiger charge is -2.32. The Morgan fingerprint density at radius 1 is 1.04 bits per heavy atom. The summed E-state index contributed by atoms with van der Waals surface area (Å²) in [4.78, 5) is 15.7. The normalized spacial score (nSPS) is 17.6. The molecule has 4 rings (SSSR count). The second kappa shape index (κ2) is 8.22. The minimum atomic E-state index is -0.191. The summed E-state index contributed by atoms with van der Waals surface area (Å²) in [6.45, 7) is 2.83. The SMILES string of the molecule is Fc1ccc(CN2CCC[C@@H](c3ccnc(Nc4ccccn4)n3)C2)cc1. The lowest BCUT2D eigenvalue weighted by molar-refractivity contribution is 0.198. The summed E-state index contributed by atoms with van der Waals surface area (Å²) >= 11 is 0. The Morgan fingerprint density at radius 3 is 2.74 bits per heavy atom. The van der Waals surface area contributed by atoms with Gasteiger partial charge in [-0.1, -0.05) is 18.2 Å². The number of rotatable bonds is 5. The fourth-order valence-corrected chi connectivity index (χ4v) is 3.50. The van der Waals surface area contributed by atoms with Gasteiger partial charge in [-0.05, 0) is 55.3 Å². The third kappa shape index (κ3) is 4.65. The van der Waals surface area contributed by atoms with E-state index in [4.69, 9.17) is 4.98 Å². The van der Waals surface area contributed by atoms with Crippen LogP contribution in [0.2, 0.25) is 0 Å². The lowest BCUT2D eigenvalue weighted by Crippen LogP contribution is -2.34. The van der Waals surface area contributed by atoms with E-state index in [2.05, 4.69) is 20.2 Å². The highest BCUT2D eigenvalue weighted by Crippen LogP contribution is 2.27. The maximum atomic E-state index is 13.1. The van der Waals surface area contributed by atoms with Crippen molar-refractivity contribution in [1.29, 1.82) is 0 Å². The van der Waals surface area contributed by atoms with Crippen LogP contribution in [0.4, 0.5) is 16.2 Å². The molecule has 138 valence electrons. The Kier molecular flexibility index (Phi) is 5.34. The van der Waals surface area contributed by atoms with E-state index in [1.54, 1.807) is 12.4 Å². The largest absolute Gasteiger partial charge is 0.309 e. The van der Waals surface area contributed by atoms with E-state index in [9.17, 15) is 4.39 Å². The lowest BCUT2D eigenvalue weighted by atomic mass is 9.94. The first-order valence-electron chi connectivity index (χ1n) is 9.24. The number of benzene rings is 1. The van der Waals surface area contributed by atoms with E-state index in [1.165, 1.54) is 12.1 Å². The molecule has 1 aromatic carbocycles. The van der Waals surface area contributed by atoms with Crippen molar-refractivity contribution < 1.29 is 4.39 Å². The zero-order chi connectivity index (χ0) is 18.5. The first-order valence-corrected chi connectivity index (χ1v) is 9.24. The summed E-state index contributed by atoms with van der Waals surface area (Å²) in [6.07, 6.45) is 5.77. The molecule has 1 aliphatic rings. The maximum absolute atomic E-state index is 13.1. The Hall–Kier alpha value is -2.86. The van der Waals surface area contributed by atoms with Crippen molar-refractivity contribution in [2.75, 3.05) is 18.4 Å². The summed E-state index contributed by atoms with van der Waals surface area (Å²) in [5, 5.41) is 3.16. The highest BCUT2D eigenvalue weighted by molar-refractivity contribution is 5.46. The van der Waals surface area contributed by atoms with Crippen molar-refractivity contribution in [3.05, 3.63) is 78.0 Å². The van der Waals surface area contributed by atoms with Crippen LogP contribution in [0.3, 0.4) is 0 Å². The molecule has 2 aromatic heterocycles. The van der Waals surface area contributed by atoms with Gasteiger partial charge in [-0.15, -0.1) is 0 Å². The van der Waals surface area contributed by atoms with Crippen molar-refractivity contribution in [2.24, 2.45) is 0 Å². The number of halogens is 1. The number of aromatic nitrogens is 3. The molecule has 1 atom stereocenters. The number of anilines is 2. The van der Waals surface area contributed by atoms with Crippen LogP contribution in [0.5, 0.6) is 0 Å². The van der Waals surface area contributed by atoms with Gasteiger partial charge in [0.15, 0.2) is 0 Å². The molecule has 0 spiro atoms. The Morgan fingerprint density at radius 2 is 1.93 bits per heavy atom. The third-order valence-corrected chi connectivity index (χ3v) is 4.83. The molecular formula is C21H22FN5. The Balaban J connectivity index is 1.43. The number of nitrogens with zero attached hydrogens (tertiary/aromatic N) is 4. The minimum absolute atomic E-state index is 0.191. The number of piperidine rings is 1. The summed E-state index contributed by atoms with van der Waals surface area (Å²) in [5.41, 5.74) is 2.18. The van der Waals surface area contributed by atoms with Gasteiger partial charge in [0.1, 0.15) is 11.6 Å². The van der Waals surface area contributed by atoms with Gasteiger partial charge in [0, 0.05) is 31.4 Å². The van der Waals surface area contributed by atoms with E-state index >= 15 is 0 Å². The average molecular weight is 363 g/mol. The van der Waals surface area contributed by atoms with Gasteiger partial charge in [-0.25, -0.2) is 19.3 Å². The molecule has 6 heteroatoms. The molecule has 27 heavy (non-hydrogen) atoms. The van der Waals surface area contributed by atoms with Crippen LogP contribution in [0.25, 0.3) is 0 Å². The molecule has 3 aromatic rings.